The van der Waals surface area contributed by atoms with Gasteiger partial charge < -0.3 is 10.1 Å². The molecule has 0 bridgehead atoms. The topological polar surface area (TPSA) is 81.2 Å². The van der Waals surface area contributed by atoms with Crippen molar-refractivity contribution in [3.05, 3.63) is 46.3 Å². The van der Waals surface area contributed by atoms with Crippen LogP contribution in [0.3, 0.4) is 0 Å². The summed E-state index contributed by atoms with van der Waals surface area (Å²) in [5.41, 5.74) is 6.09. The number of aryl methyl sites for hydroxylation is 4. The fourth-order valence-corrected chi connectivity index (χ4v) is 3.91. The Labute approximate surface area is 169 Å². The zero-order chi connectivity index (χ0) is 20.1. The molecule has 0 spiro atoms. The Hall–Kier alpha value is -2.41. The predicted molar refractivity (Wildman–Crippen MR) is 110 cm³/mol. The van der Waals surface area contributed by atoms with Crippen molar-refractivity contribution in [3.63, 3.8) is 0 Å². The van der Waals surface area contributed by atoms with Gasteiger partial charge in [0.05, 0.1) is 0 Å². The normalized spacial score (nSPS) is 12.5. The van der Waals surface area contributed by atoms with Gasteiger partial charge in [0, 0.05) is 23.5 Å². The number of anilines is 1. The van der Waals surface area contributed by atoms with E-state index in [1.54, 1.807) is 0 Å². The SMILES string of the molecule is CSc1nc(C)c(CCC(=O)OCC(=O)Nc2ccc3c(c2)CCC3)c(C)n1. The van der Waals surface area contributed by atoms with Gasteiger partial charge in [-0.3, -0.25) is 9.59 Å². The molecular weight excluding hydrogens is 374 g/mol. The van der Waals surface area contributed by atoms with E-state index in [2.05, 4.69) is 21.4 Å². The molecule has 0 fully saturated rings. The van der Waals surface area contributed by atoms with E-state index in [1.165, 1.54) is 22.9 Å². The standard InChI is InChI=1S/C21H25N3O3S/c1-13-18(14(2)23-21(22-13)28-3)9-10-20(26)27-12-19(25)24-17-8-7-15-5-4-6-16(15)11-17/h7-8,11H,4-6,9-10,12H2,1-3H3,(H,24,25). The molecule has 0 unspecified atom stereocenters. The maximum absolute atomic E-state index is 12.1. The molecule has 148 valence electrons. The lowest BCUT2D eigenvalue weighted by Crippen LogP contribution is -2.21. The average Bonchev–Trinajstić information content (AvgIpc) is 3.13. The zero-order valence-corrected chi connectivity index (χ0v) is 17.3. The molecule has 7 heteroatoms. The highest BCUT2D eigenvalue weighted by atomic mass is 32.2. The fraction of sp³-hybridized carbons (Fsp3) is 0.429. The molecule has 6 nitrogen and oxygen atoms in total. The van der Waals surface area contributed by atoms with Crippen molar-refractivity contribution in [2.45, 2.75) is 51.1 Å². The van der Waals surface area contributed by atoms with Crippen LogP contribution in [0, 0.1) is 13.8 Å². The molecule has 28 heavy (non-hydrogen) atoms. The quantitative estimate of drug-likeness (QED) is 0.436. The molecular formula is C21H25N3O3S. The van der Waals surface area contributed by atoms with Crippen molar-refractivity contribution < 1.29 is 14.3 Å². The minimum Gasteiger partial charge on any atom is -0.456 e. The van der Waals surface area contributed by atoms with Gasteiger partial charge in [-0.25, -0.2) is 9.97 Å². The van der Waals surface area contributed by atoms with Crippen molar-refractivity contribution in [1.29, 1.82) is 0 Å². The van der Waals surface area contributed by atoms with E-state index in [0.717, 1.165) is 47.1 Å². The third kappa shape index (κ3) is 5.10. The summed E-state index contributed by atoms with van der Waals surface area (Å²) in [6.07, 6.45) is 5.93. The molecule has 0 atom stereocenters. The number of thioether (sulfide) groups is 1. The van der Waals surface area contributed by atoms with Crippen molar-refractivity contribution in [1.82, 2.24) is 9.97 Å². The zero-order valence-electron chi connectivity index (χ0n) is 16.5. The van der Waals surface area contributed by atoms with E-state index < -0.39 is 5.97 Å². The molecule has 0 saturated heterocycles. The third-order valence-electron chi connectivity index (χ3n) is 4.91. The third-order valence-corrected chi connectivity index (χ3v) is 5.46. The number of nitrogens with one attached hydrogen (secondary N) is 1. The maximum Gasteiger partial charge on any atom is 0.306 e. The first-order valence-electron chi connectivity index (χ1n) is 9.41. The molecule has 1 N–H and O–H groups in total. The number of carbonyl (C=O) groups is 2. The minimum absolute atomic E-state index is 0.190. The van der Waals surface area contributed by atoms with Crippen molar-refractivity contribution in [3.8, 4) is 0 Å². The molecule has 3 rings (SSSR count). The maximum atomic E-state index is 12.1. The van der Waals surface area contributed by atoms with E-state index in [9.17, 15) is 9.59 Å². The van der Waals surface area contributed by atoms with Crippen LogP contribution in [-0.2, 0) is 33.6 Å². The van der Waals surface area contributed by atoms with Crippen molar-refractivity contribution >= 4 is 29.3 Å². The van der Waals surface area contributed by atoms with Gasteiger partial charge in [-0.1, -0.05) is 17.8 Å². The van der Waals surface area contributed by atoms with E-state index >= 15 is 0 Å². The van der Waals surface area contributed by atoms with Crippen LogP contribution >= 0.6 is 11.8 Å². The van der Waals surface area contributed by atoms with Crippen LogP contribution in [0.2, 0.25) is 0 Å². The van der Waals surface area contributed by atoms with Crippen LogP contribution < -0.4 is 5.32 Å². The number of aromatic nitrogens is 2. The molecule has 1 amide bonds. The van der Waals surface area contributed by atoms with Gasteiger partial charge in [-0.05, 0) is 74.6 Å². The number of amides is 1. The molecule has 2 aromatic rings. The molecule has 1 aromatic carbocycles. The first-order chi connectivity index (χ1) is 13.5. The van der Waals surface area contributed by atoms with E-state index in [-0.39, 0.29) is 18.9 Å². The lowest BCUT2D eigenvalue weighted by Gasteiger charge is -2.10. The highest BCUT2D eigenvalue weighted by Gasteiger charge is 2.14. The summed E-state index contributed by atoms with van der Waals surface area (Å²) in [5, 5.41) is 3.52. The molecule has 0 radical (unpaired) electrons. The highest BCUT2D eigenvalue weighted by molar-refractivity contribution is 7.98. The second-order valence-electron chi connectivity index (χ2n) is 6.91. The monoisotopic (exact) mass is 399 g/mol. The Morgan fingerprint density at radius 2 is 1.86 bits per heavy atom. The van der Waals surface area contributed by atoms with E-state index in [4.69, 9.17) is 4.74 Å². The van der Waals surface area contributed by atoms with Crippen LogP contribution in [-0.4, -0.2) is 34.7 Å². The lowest BCUT2D eigenvalue weighted by atomic mass is 10.1. The number of esters is 1. The lowest BCUT2D eigenvalue weighted by molar-refractivity contribution is -0.147. The van der Waals surface area contributed by atoms with Crippen LogP contribution in [0.15, 0.2) is 23.4 Å². The number of hydrogen-bond donors (Lipinski definition) is 1. The number of ether oxygens (including phenoxy) is 1. The number of rotatable bonds is 7. The number of benzene rings is 1. The van der Waals surface area contributed by atoms with E-state index in [0.29, 0.717) is 6.42 Å². The van der Waals surface area contributed by atoms with Gasteiger partial charge >= 0.3 is 5.97 Å². The second-order valence-corrected chi connectivity index (χ2v) is 7.68. The summed E-state index contributed by atoms with van der Waals surface area (Å²) in [6, 6.07) is 5.96. The van der Waals surface area contributed by atoms with Gasteiger partial charge in [0.15, 0.2) is 11.8 Å². The summed E-state index contributed by atoms with van der Waals surface area (Å²) in [4.78, 5) is 32.9. The van der Waals surface area contributed by atoms with Crippen molar-refractivity contribution in [2.24, 2.45) is 0 Å². The Morgan fingerprint density at radius 1 is 1.14 bits per heavy atom. The number of carbonyl (C=O) groups excluding carboxylic acids is 2. The van der Waals surface area contributed by atoms with Gasteiger partial charge in [-0.2, -0.15) is 0 Å². The average molecular weight is 400 g/mol. The van der Waals surface area contributed by atoms with E-state index in [1.807, 2.05) is 32.2 Å². The Kier molecular flexibility index (Phi) is 6.67. The number of fused-ring (bicyclic) bond motifs is 1. The van der Waals surface area contributed by atoms with Gasteiger partial charge in [0.1, 0.15) is 0 Å². The summed E-state index contributed by atoms with van der Waals surface area (Å²) in [5.74, 6) is -0.733. The smallest absolute Gasteiger partial charge is 0.306 e. The van der Waals surface area contributed by atoms with Crippen LogP contribution in [0.5, 0.6) is 0 Å². The predicted octanol–water partition coefficient (Wildman–Crippen LogP) is 3.42. The first kappa shape index (κ1) is 20.3. The molecule has 1 aliphatic rings. The molecule has 1 heterocycles. The fourth-order valence-electron chi connectivity index (χ4n) is 3.45. The molecule has 0 saturated carbocycles. The van der Waals surface area contributed by atoms with Crippen molar-refractivity contribution in [2.75, 3.05) is 18.2 Å². The first-order valence-corrected chi connectivity index (χ1v) is 10.6. The largest absolute Gasteiger partial charge is 0.456 e. The summed E-state index contributed by atoms with van der Waals surface area (Å²) < 4.78 is 5.12. The van der Waals surface area contributed by atoms with Gasteiger partial charge in [-0.15, -0.1) is 0 Å². The van der Waals surface area contributed by atoms with Crippen LogP contribution in [0.4, 0.5) is 5.69 Å². The Morgan fingerprint density at radius 3 is 2.57 bits per heavy atom. The van der Waals surface area contributed by atoms with Crippen LogP contribution in [0.25, 0.3) is 0 Å². The van der Waals surface area contributed by atoms with Crippen LogP contribution in [0.1, 0.15) is 40.9 Å². The number of hydrogen-bond acceptors (Lipinski definition) is 6. The summed E-state index contributed by atoms with van der Waals surface area (Å²) in [7, 11) is 0. The number of nitrogens with zero attached hydrogens (tertiary/aromatic N) is 2. The Bertz CT molecular complexity index is 875. The Balaban J connectivity index is 1.46. The summed E-state index contributed by atoms with van der Waals surface area (Å²) in [6.45, 7) is 3.55. The molecule has 1 aromatic heterocycles. The molecule has 1 aliphatic carbocycles. The molecule has 0 aliphatic heterocycles. The minimum atomic E-state index is -0.406. The highest BCUT2D eigenvalue weighted by Crippen LogP contribution is 2.24. The summed E-state index contributed by atoms with van der Waals surface area (Å²) >= 11 is 1.49. The van der Waals surface area contributed by atoms with Gasteiger partial charge in [0.2, 0.25) is 0 Å². The van der Waals surface area contributed by atoms with Gasteiger partial charge in [0.25, 0.3) is 5.91 Å². The second kappa shape index (κ2) is 9.19.